The molecular formula is C24H34O4. The van der Waals surface area contributed by atoms with E-state index in [4.69, 9.17) is 14.2 Å². The number of rotatable bonds is 2. The highest BCUT2D eigenvalue weighted by Gasteiger charge is 2.79. The van der Waals surface area contributed by atoms with E-state index in [0.29, 0.717) is 11.8 Å². The summed E-state index contributed by atoms with van der Waals surface area (Å²) >= 11 is 0. The van der Waals surface area contributed by atoms with Crippen molar-refractivity contribution in [2.45, 2.75) is 94.2 Å². The average molecular weight is 387 g/mol. The minimum atomic E-state index is -0.565. The molecule has 6 rings (SSSR count). The summed E-state index contributed by atoms with van der Waals surface area (Å²) < 4.78 is 18.8. The highest BCUT2D eigenvalue weighted by atomic mass is 16.7. The summed E-state index contributed by atoms with van der Waals surface area (Å²) in [6, 6.07) is 0. The van der Waals surface area contributed by atoms with Crippen LogP contribution < -0.4 is 0 Å². The van der Waals surface area contributed by atoms with E-state index in [9.17, 15) is 5.11 Å². The summed E-state index contributed by atoms with van der Waals surface area (Å²) in [4.78, 5) is 0. The van der Waals surface area contributed by atoms with Gasteiger partial charge in [0.2, 0.25) is 0 Å². The molecule has 0 aromatic rings. The van der Waals surface area contributed by atoms with Crippen LogP contribution in [0.3, 0.4) is 0 Å². The van der Waals surface area contributed by atoms with Crippen molar-refractivity contribution in [3.63, 3.8) is 0 Å². The van der Waals surface area contributed by atoms with Crippen LogP contribution in [0.5, 0.6) is 0 Å². The average Bonchev–Trinajstić information content (AvgIpc) is 3.03. The van der Waals surface area contributed by atoms with Crippen LogP contribution >= 0.6 is 0 Å². The van der Waals surface area contributed by atoms with Crippen LogP contribution in [0.2, 0.25) is 0 Å². The first-order valence-electron chi connectivity index (χ1n) is 11.4. The first kappa shape index (κ1) is 18.1. The van der Waals surface area contributed by atoms with E-state index < -0.39 is 5.60 Å². The molecule has 6 atom stereocenters. The van der Waals surface area contributed by atoms with E-state index in [1.807, 2.05) is 0 Å². The van der Waals surface area contributed by atoms with Crippen LogP contribution in [0.25, 0.3) is 0 Å². The molecule has 4 heteroatoms. The molecule has 2 heterocycles. The van der Waals surface area contributed by atoms with Crippen LogP contribution in [0.15, 0.2) is 23.8 Å². The van der Waals surface area contributed by atoms with Gasteiger partial charge in [0, 0.05) is 18.3 Å². The lowest BCUT2D eigenvalue weighted by molar-refractivity contribution is -0.185. The quantitative estimate of drug-likeness (QED) is 0.569. The van der Waals surface area contributed by atoms with Gasteiger partial charge in [0.05, 0.1) is 18.8 Å². The molecule has 2 saturated heterocycles. The summed E-state index contributed by atoms with van der Waals surface area (Å²) in [5.74, 6) is 0.777. The van der Waals surface area contributed by atoms with E-state index in [-0.39, 0.29) is 22.4 Å². The van der Waals surface area contributed by atoms with Crippen molar-refractivity contribution >= 4 is 0 Å². The Labute approximate surface area is 168 Å². The molecule has 28 heavy (non-hydrogen) atoms. The second-order valence-electron chi connectivity index (χ2n) is 10.6. The number of hydrogen-bond donors (Lipinski definition) is 1. The Kier molecular flexibility index (Phi) is 3.57. The zero-order valence-corrected chi connectivity index (χ0v) is 17.3. The first-order valence-corrected chi connectivity index (χ1v) is 11.4. The number of aliphatic hydroxyl groups is 1. The van der Waals surface area contributed by atoms with Gasteiger partial charge in [-0.05, 0) is 69.3 Å². The van der Waals surface area contributed by atoms with E-state index in [1.54, 1.807) is 5.57 Å². The van der Waals surface area contributed by atoms with Crippen molar-refractivity contribution in [1.29, 1.82) is 0 Å². The zero-order valence-electron chi connectivity index (χ0n) is 17.3. The van der Waals surface area contributed by atoms with Crippen LogP contribution in [-0.4, -0.2) is 40.9 Å². The molecule has 154 valence electrons. The van der Waals surface area contributed by atoms with Crippen molar-refractivity contribution in [2.75, 3.05) is 13.2 Å². The van der Waals surface area contributed by atoms with Crippen molar-refractivity contribution in [3.05, 3.63) is 23.8 Å². The zero-order chi connectivity index (χ0) is 19.3. The van der Waals surface area contributed by atoms with E-state index in [0.717, 1.165) is 64.6 Å². The summed E-state index contributed by atoms with van der Waals surface area (Å²) in [7, 11) is 0. The predicted molar refractivity (Wildman–Crippen MR) is 106 cm³/mol. The lowest BCUT2D eigenvalue weighted by atomic mass is 9.52. The van der Waals surface area contributed by atoms with Gasteiger partial charge < -0.3 is 19.3 Å². The topological polar surface area (TPSA) is 51.2 Å². The Hall–Kier alpha value is -0.680. The van der Waals surface area contributed by atoms with E-state index >= 15 is 0 Å². The highest BCUT2D eigenvalue weighted by molar-refractivity contribution is 5.43. The maximum atomic E-state index is 11.6. The van der Waals surface area contributed by atoms with Crippen LogP contribution in [0.4, 0.5) is 0 Å². The van der Waals surface area contributed by atoms with Gasteiger partial charge in [0.15, 0.2) is 5.79 Å². The molecule has 0 amide bonds. The van der Waals surface area contributed by atoms with E-state index in [2.05, 4.69) is 32.1 Å². The Morgan fingerprint density at radius 2 is 1.96 bits per heavy atom. The molecule has 0 aromatic heterocycles. The molecule has 4 nitrogen and oxygen atoms in total. The van der Waals surface area contributed by atoms with Gasteiger partial charge in [0.25, 0.3) is 0 Å². The number of fused-ring (bicyclic) bond motifs is 3. The van der Waals surface area contributed by atoms with Gasteiger partial charge in [0.1, 0.15) is 11.2 Å². The largest absolute Gasteiger partial charge is 0.389 e. The normalized spacial score (nSPS) is 53.5. The third kappa shape index (κ3) is 2.01. The number of allylic oxidation sites excluding steroid dienone is 2. The first-order chi connectivity index (χ1) is 13.4. The monoisotopic (exact) mass is 386 g/mol. The molecule has 0 bridgehead atoms. The second-order valence-corrected chi connectivity index (χ2v) is 10.6. The van der Waals surface area contributed by atoms with Crippen LogP contribution in [0, 0.1) is 17.3 Å². The fourth-order valence-electron chi connectivity index (χ4n) is 8.08. The molecule has 4 aliphatic carbocycles. The molecule has 1 N–H and O–H groups in total. The van der Waals surface area contributed by atoms with Crippen molar-refractivity contribution in [3.8, 4) is 0 Å². The second kappa shape index (κ2) is 5.51. The fraction of sp³-hybridized carbons (Fsp3) is 0.833. The predicted octanol–water partition coefficient (Wildman–Crippen LogP) is 4.27. The summed E-state index contributed by atoms with van der Waals surface area (Å²) in [6.45, 7) is 5.85. The van der Waals surface area contributed by atoms with Crippen LogP contribution in [0.1, 0.15) is 71.6 Å². The molecule has 2 aliphatic heterocycles. The third-order valence-corrected chi connectivity index (χ3v) is 9.69. The maximum Gasteiger partial charge on any atom is 0.171 e. The van der Waals surface area contributed by atoms with Gasteiger partial charge in [-0.25, -0.2) is 0 Å². The highest BCUT2D eigenvalue weighted by Crippen LogP contribution is 2.74. The molecular weight excluding hydrogens is 352 g/mol. The summed E-state index contributed by atoms with van der Waals surface area (Å²) in [5.41, 5.74) is 0.891. The lowest BCUT2D eigenvalue weighted by Crippen LogP contribution is -2.54. The van der Waals surface area contributed by atoms with Gasteiger partial charge in [-0.1, -0.05) is 25.2 Å². The lowest BCUT2D eigenvalue weighted by Gasteiger charge is -2.52. The SMILES string of the molecule is CC=CC[C@]1(O)CC[C@H]2[C@@H]3CC[C@@]45CC6(CC[C@@]4(O5)C3=CC[C@@]21C)OCCO6. The van der Waals surface area contributed by atoms with Crippen molar-refractivity contribution in [2.24, 2.45) is 17.3 Å². The standard InChI is InChI=1S/C24H34O4/c1-3-4-8-21(25)10-7-18-17-5-11-22-16-23(26-14-15-27-23)12-13-24(22,28-22)19(17)6-9-20(18,21)2/h3-4,6,17-18,25H,5,7-16H2,1-2H3/t17-,18-,20-,21-,22+,24+/m0/s1. The number of hydrogen-bond acceptors (Lipinski definition) is 4. The fourth-order valence-corrected chi connectivity index (χ4v) is 8.08. The summed E-state index contributed by atoms with van der Waals surface area (Å²) in [6.07, 6.45) is 15.7. The van der Waals surface area contributed by atoms with Gasteiger partial charge >= 0.3 is 0 Å². The minimum absolute atomic E-state index is 0.0141. The maximum absolute atomic E-state index is 11.6. The molecule has 3 saturated carbocycles. The Bertz CT molecular complexity index is 752. The molecule has 5 fully saturated rings. The summed E-state index contributed by atoms with van der Waals surface area (Å²) in [5, 5.41) is 11.6. The van der Waals surface area contributed by atoms with Gasteiger partial charge in [-0.3, -0.25) is 0 Å². The van der Waals surface area contributed by atoms with E-state index in [1.165, 1.54) is 6.42 Å². The molecule has 6 aliphatic rings. The van der Waals surface area contributed by atoms with Crippen LogP contribution in [-0.2, 0) is 14.2 Å². The molecule has 0 radical (unpaired) electrons. The Morgan fingerprint density at radius 3 is 2.75 bits per heavy atom. The van der Waals surface area contributed by atoms with Crippen molar-refractivity contribution in [1.82, 2.24) is 0 Å². The smallest absolute Gasteiger partial charge is 0.171 e. The minimum Gasteiger partial charge on any atom is -0.389 e. The Balaban J connectivity index is 1.32. The van der Waals surface area contributed by atoms with Gasteiger partial charge in [-0.2, -0.15) is 0 Å². The van der Waals surface area contributed by atoms with Gasteiger partial charge in [-0.15, -0.1) is 0 Å². The molecule has 0 aromatic carbocycles. The molecule has 1 spiro atoms. The Morgan fingerprint density at radius 1 is 1.14 bits per heavy atom. The third-order valence-electron chi connectivity index (χ3n) is 9.69. The number of ether oxygens (including phenoxy) is 3. The molecule has 0 unspecified atom stereocenters. The van der Waals surface area contributed by atoms with Crippen molar-refractivity contribution < 1.29 is 19.3 Å². The number of epoxide rings is 1.